The molecule has 120 valence electrons. The summed E-state index contributed by atoms with van der Waals surface area (Å²) in [5.41, 5.74) is 1.60. The molecule has 1 amide bonds. The van der Waals surface area contributed by atoms with Gasteiger partial charge in [0.15, 0.2) is 5.13 Å². The van der Waals surface area contributed by atoms with Crippen molar-refractivity contribution in [2.75, 3.05) is 11.6 Å². The van der Waals surface area contributed by atoms with Gasteiger partial charge < -0.3 is 9.73 Å². The monoisotopic (exact) mass is 365 g/mol. The Balaban J connectivity index is 1.70. The molecule has 0 aromatic carbocycles. The fraction of sp³-hybridized carbons (Fsp3) is 0.267. The molecule has 0 aliphatic heterocycles. The maximum absolute atomic E-state index is 12.2. The van der Waals surface area contributed by atoms with Crippen LogP contribution in [0.3, 0.4) is 0 Å². The van der Waals surface area contributed by atoms with Crippen molar-refractivity contribution in [3.05, 3.63) is 34.7 Å². The van der Waals surface area contributed by atoms with Gasteiger partial charge in [-0.3, -0.25) is 4.79 Å². The number of hydrogen-bond donors (Lipinski definition) is 1. The number of nitrogens with zero attached hydrogens (tertiary/aromatic N) is 2. The smallest absolute Gasteiger partial charge is 0.236 e. The normalized spacial score (nSPS) is 10.9. The Bertz CT molecular complexity index is 821. The van der Waals surface area contributed by atoms with Crippen molar-refractivity contribution < 1.29 is 9.21 Å². The minimum absolute atomic E-state index is 0.138. The molecule has 3 aromatic heterocycles. The Labute approximate surface area is 146 Å². The van der Waals surface area contributed by atoms with E-state index in [1.54, 1.807) is 23.1 Å². The van der Waals surface area contributed by atoms with Crippen LogP contribution in [0.15, 0.2) is 26.1 Å². The summed E-state index contributed by atoms with van der Waals surface area (Å²) in [6.07, 6.45) is 2.17. The van der Waals surface area contributed by atoms with Crippen LogP contribution in [0.2, 0.25) is 0 Å². The molecule has 0 unspecified atom stereocenters. The molecule has 0 atom stereocenters. The fourth-order valence-corrected chi connectivity index (χ4v) is 4.32. The van der Waals surface area contributed by atoms with Crippen LogP contribution in [0.25, 0.3) is 10.8 Å². The quantitative estimate of drug-likeness (QED) is 0.680. The van der Waals surface area contributed by atoms with Gasteiger partial charge in [0, 0.05) is 0 Å². The van der Waals surface area contributed by atoms with Gasteiger partial charge in [0.2, 0.25) is 11.8 Å². The number of oxazole rings is 1. The van der Waals surface area contributed by atoms with E-state index in [9.17, 15) is 4.79 Å². The molecule has 23 heavy (non-hydrogen) atoms. The van der Waals surface area contributed by atoms with Gasteiger partial charge in [0.25, 0.3) is 0 Å². The van der Waals surface area contributed by atoms with Gasteiger partial charge in [0.05, 0.1) is 26.9 Å². The Morgan fingerprint density at radius 3 is 2.87 bits per heavy atom. The number of aromatic nitrogens is 2. The molecular weight excluding hydrogens is 350 g/mol. The first kappa shape index (κ1) is 16.2. The lowest BCUT2D eigenvalue weighted by molar-refractivity contribution is -0.115. The highest BCUT2D eigenvalue weighted by molar-refractivity contribution is 8.00. The van der Waals surface area contributed by atoms with Crippen LogP contribution >= 0.6 is 34.4 Å². The van der Waals surface area contributed by atoms with E-state index in [2.05, 4.69) is 15.3 Å². The molecule has 3 rings (SSSR count). The average Bonchev–Trinajstić information content (AvgIpc) is 3.21. The molecule has 8 heteroatoms. The largest absolute Gasteiger partial charge is 0.440 e. The first-order chi connectivity index (χ1) is 11.1. The highest BCUT2D eigenvalue weighted by atomic mass is 32.2. The van der Waals surface area contributed by atoms with E-state index in [4.69, 9.17) is 4.42 Å². The standard InChI is InChI=1S/C15H15N3O2S3/c1-8-14(21-3)23-15(16-8)18-12(19)7-10-9(2)20-13(17-10)11-5-4-6-22-11/h4-6H,7H2,1-3H3,(H,16,18,19). The minimum atomic E-state index is -0.138. The van der Waals surface area contributed by atoms with Gasteiger partial charge in [-0.1, -0.05) is 17.4 Å². The molecule has 0 aliphatic rings. The molecule has 3 heterocycles. The second kappa shape index (κ2) is 6.86. The molecule has 0 spiro atoms. The van der Waals surface area contributed by atoms with Gasteiger partial charge in [-0.25, -0.2) is 9.97 Å². The van der Waals surface area contributed by atoms with Crippen molar-refractivity contribution in [2.24, 2.45) is 0 Å². The number of carbonyl (C=O) groups is 1. The van der Waals surface area contributed by atoms with E-state index < -0.39 is 0 Å². The molecule has 0 bridgehead atoms. The molecule has 0 saturated carbocycles. The van der Waals surface area contributed by atoms with E-state index in [0.29, 0.717) is 22.5 Å². The summed E-state index contributed by atoms with van der Waals surface area (Å²) in [6.45, 7) is 3.76. The number of thiazole rings is 1. The zero-order valence-electron chi connectivity index (χ0n) is 12.9. The first-order valence-corrected chi connectivity index (χ1v) is 9.80. The van der Waals surface area contributed by atoms with Crippen LogP contribution in [0.1, 0.15) is 17.1 Å². The maximum atomic E-state index is 12.2. The van der Waals surface area contributed by atoms with Crippen molar-refractivity contribution in [1.29, 1.82) is 0 Å². The van der Waals surface area contributed by atoms with E-state index in [1.165, 1.54) is 11.3 Å². The SMILES string of the molecule is CSc1sc(NC(=O)Cc2nc(-c3cccs3)oc2C)nc1C. The number of amides is 1. The number of anilines is 1. The fourth-order valence-electron chi connectivity index (χ4n) is 2.04. The molecular formula is C15H15N3O2S3. The predicted octanol–water partition coefficient (Wildman–Crippen LogP) is 4.38. The highest BCUT2D eigenvalue weighted by Crippen LogP contribution is 2.30. The van der Waals surface area contributed by atoms with Crippen molar-refractivity contribution in [3.8, 4) is 10.8 Å². The van der Waals surface area contributed by atoms with Gasteiger partial charge in [0.1, 0.15) is 5.76 Å². The summed E-state index contributed by atoms with van der Waals surface area (Å²) in [5.74, 6) is 1.10. The zero-order valence-corrected chi connectivity index (χ0v) is 15.3. The van der Waals surface area contributed by atoms with Crippen LogP contribution < -0.4 is 5.32 Å². The third-order valence-corrected chi connectivity index (χ3v) is 6.28. The summed E-state index contributed by atoms with van der Waals surface area (Å²) in [6, 6.07) is 3.89. The Hall–Kier alpha value is -1.64. The second-order valence-corrected chi connectivity index (χ2v) is 7.84. The molecule has 0 radical (unpaired) electrons. The van der Waals surface area contributed by atoms with Crippen molar-refractivity contribution in [1.82, 2.24) is 9.97 Å². The second-order valence-electron chi connectivity index (χ2n) is 4.82. The molecule has 5 nitrogen and oxygen atoms in total. The van der Waals surface area contributed by atoms with Crippen molar-refractivity contribution >= 4 is 45.5 Å². The lowest BCUT2D eigenvalue weighted by Gasteiger charge is -1.99. The predicted molar refractivity (Wildman–Crippen MR) is 95.5 cm³/mol. The first-order valence-electron chi connectivity index (χ1n) is 6.88. The number of thioether (sulfide) groups is 1. The number of nitrogens with one attached hydrogen (secondary N) is 1. The van der Waals surface area contributed by atoms with Gasteiger partial charge >= 0.3 is 0 Å². The van der Waals surface area contributed by atoms with E-state index >= 15 is 0 Å². The Morgan fingerprint density at radius 1 is 1.39 bits per heavy atom. The molecule has 1 N–H and O–H groups in total. The van der Waals surface area contributed by atoms with Crippen molar-refractivity contribution in [2.45, 2.75) is 24.5 Å². The summed E-state index contributed by atoms with van der Waals surface area (Å²) in [5, 5.41) is 5.42. The van der Waals surface area contributed by atoms with E-state index in [-0.39, 0.29) is 12.3 Å². The molecule has 0 fully saturated rings. The zero-order chi connectivity index (χ0) is 16.4. The summed E-state index contributed by atoms with van der Waals surface area (Å²) in [4.78, 5) is 22.0. The third kappa shape index (κ3) is 3.65. The maximum Gasteiger partial charge on any atom is 0.236 e. The van der Waals surface area contributed by atoms with E-state index in [0.717, 1.165) is 14.8 Å². The van der Waals surface area contributed by atoms with Gasteiger partial charge in [-0.15, -0.1) is 23.1 Å². The Morgan fingerprint density at radius 2 is 2.22 bits per heavy atom. The van der Waals surface area contributed by atoms with Crippen LogP contribution in [0.5, 0.6) is 0 Å². The topological polar surface area (TPSA) is 68.0 Å². The van der Waals surface area contributed by atoms with Crippen LogP contribution in [-0.4, -0.2) is 22.1 Å². The van der Waals surface area contributed by atoms with Crippen LogP contribution in [0, 0.1) is 13.8 Å². The van der Waals surface area contributed by atoms with Gasteiger partial charge in [-0.2, -0.15) is 0 Å². The van der Waals surface area contributed by atoms with E-state index in [1.807, 2.05) is 37.6 Å². The molecule has 0 aliphatic carbocycles. The lowest BCUT2D eigenvalue weighted by atomic mass is 10.2. The third-order valence-electron chi connectivity index (χ3n) is 3.14. The molecule has 0 saturated heterocycles. The Kier molecular flexibility index (Phi) is 4.84. The number of carbonyl (C=O) groups excluding carboxylic acids is 1. The molecule has 3 aromatic rings. The number of rotatable bonds is 5. The van der Waals surface area contributed by atoms with Crippen LogP contribution in [-0.2, 0) is 11.2 Å². The summed E-state index contributed by atoms with van der Waals surface area (Å²) >= 11 is 4.67. The van der Waals surface area contributed by atoms with Gasteiger partial charge in [-0.05, 0) is 31.5 Å². The number of aryl methyl sites for hydroxylation is 2. The highest BCUT2D eigenvalue weighted by Gasteiger charge is 2.16. The summed E-state index contributed by atoms with van der Waals surface area (Å²) in [7, 11) is 0. The summed E-state index contributed by atoms with van der Waals surface area (Å²) < 4.78 is 6.76. The minimum Gasteiger partial charge on any atom is -0.440 e. The van der Waals surface area contributed by atoms with Crippen LogP contribution in [0.4, 0.5) is 5.13 Å². The average molecular weight is 366 g/mol. The number of thiophene rings is 1. The lowest BCUT2D eigenvalue weighted by Crippen LogP contribution is -2.15. The number of hydrogen-bond acceptors (Lipinski definition) is 7. The van der Waals surface area contributed by atoms with Crippen molar-refractivity contribution in [3.63, 3.8) is 0 Å².